The molecular weight excluding hydrogens is 238 g/mol. The highest BCUT2D eigenvalue weighted by molar-refractivity contribution is 5.81. The molecule has 1 heterocycles. The predicted molar refractivity (Wildman–Crippen MR) is 62.5 cm³/mol. The summed E-state index contributed by atoms with van der Waals surface area (Å²) in [7, 11) is 0. The van der Waals surface area contributed by atoms with Crippen molar-refractivity contribution in [3.8, 4) is 0 Å². The number of primary amides is 1. The molecule has 1 aromatic heterocycles. The number of carbonyl (C=O) groups excluding carboxylic acids is 1. The molecule has 18 heavy (non-hydrogen) atoms. The lowest BCUT2D eigenvalue weighted by Crippen LogP contribution is -2.33. The van der Waals surface area contributed by atoms with Crippen LogP contribution in [-0.2, 0) is 4.79 Å². The van der Waals surface area contributed by atoms with Crippen LogP contribution in [0.1, 0.15) is 11.7 Å². The third kappa shape index (κ3) is 2.08. The highest BCUT2D eigenvalue weighted by Gasteiger charge is 2.23. The number of carbonyl (C=O) groups is 1. The Bertz CT molecular complexity index is 652. The Balaban J connectivity index is 2.50. The number of nitrogens with zero attached hydrogens (tertiary/aromatic N) is 1. The molecule has 2 atom stereocenters. The summed E-state index contributed by atoms with van der Waals surface area (Å²) in [5.74, 6) is -1.04. The number of nitrogens with one attached hydrogen (secondary N) is 1. The minimum Gasteiger partial charge on any atom is -0.385 e. The van der Waals surface area contributed by atoms with Gasteiger partial charge in [-0.3, -0.25) is 9.59 Å². The molecule has 2 unspecified atom stereocenters. The van der Waals surface area contributed by atoms with Gasteiger partial charge < -0.3 is 20.9 Å². The summed E-state index contributed by atoms with van der Waals surface area (Å²) in [5.41, 5.74) is 5.18. The Hall–Kier alpha value is -2.25. The van der Waals surface area contributed by atoms with Crippen LogP contribution in [0.3, 0.4) is 0 Å². The molecule has 5 N–H and O–H groups in total. The minimum atomic E-state index is -1.72. The lowest BCUT2D eigenvalue weighted by molar-refractivity contribution is -0.131. The molecule has 7 nitrogen and oxygen atoms in total. The largest absolute Gasteiger partial charge is 0.385 e. The SMILES string of the molecule is NC(=O)C(O)C(O)c1ccc2nc[nH]c(=O)c2c1. The van der Waals surface area contributed by atoms with Crippen LogP contribution in [0.25, 0.3) is 10.9 Å². The third-order valence-electron chi connectivity index (χ3n) is 2.60. The first-order chi connectivity index (χ1) is 8.50. The van der Waals surface area contributed by atoms with Crippen LogP contribution in [0.15, 0.2) is 29.3 Å². The second-order valence-electron chi connectivity index (χ2n) is 3.80. The van der Waals surface area contributed by atoms with E-state index in [0.29, 0.717) is 5.52 Å². The van der Waals surface area contributed by atoms with E-state index >= 15 is 0 Å². The van der Waals surface area contributed by atoms with Crippen molar-refractivity contribution in [3.05, 3.63) is 40.4 Å². The molecule has 0 fully saturated rings. The van der Waals surface area contributed by atoms with E-state index in [1.54, 1.807) is 0 Å². The van der Waals surface area contributed by atoms with E-state index in [1.165, 1.54) is 24.5 Å². The molecule has 2 aromatic rings. The Morgan fingerprint density at radius 2 is 2.11 bits per heavy atom. The van der Waals surface area contributed by atoms with Crippen molar-refractivity contribution in [2.24, 2.45) is 5.73 Å². The number of hydrogen-bond acceptors (Lipinski definition) is 5. The molecule has 7 heteroatoms. The number of rotatable bonds is 3. The number of H-pyrrole nitrogens is 1. The number of aromatic nitrogens is 2. The van der Waals surface area contributed by atoms with Gasteiger partial charge in [0.2, 0.25) is 5.91 Å². The first-order valence-electron chi connectivity index (χ1n) is 5.13. The van der Waals surface area contributed by atoms with Crippen molar-refractivity contribution in [2.45, 2.75) is 12.2 Å². The maximum absolute atomic E-state index is 11.5. The van der Waals surface area contributed by atoms with Gasteiger partial charge in [-0.2, -0.15) is 0 Å². The average molecular weight is 249 g/mol. The van der Waals surface area contributed by atoms with Crippen LogP contribution in [0.4, 0.5) is 0 Å². The van der Waals surface area contributed by atoms with Crippen LogP contribution in [0.5, 0.6) is 0 Å². The zero-order valence-electron chi connectivity index (χ0n) is 9.20. The molecule has 0 aliphatic carbocycles. The normalized spacial score (nSPS) is 14.3. The number of amides is 1. The van der Waals surface area contributed by atoms with Crippen molar-refractivity contribution >= 4 is 16.8 Å². The van der Waals surface area contributed by atoms with Crippen molar-refractivity contribution in [1.29, 1.82) is 0 Å². The lowest BCUT2D eigenvalue weighted by Gasteiger charge is -2.15. The van der Waals surface area contributed by atoms with E-state index in [0.717, 1.165) is 0 Å². The summed E-state index contributed by atoms with van der Waals surface area (Å²) < 4.78 is 0. The molecule has 0 bridgehead atoms. The molecule has 0 saturated heterocycles. The van der Waals surface area contributed by atoms with Gasteiger partial charge in [0.1, 0.15) is 6.10 Å². The smallest absolute Gasteiger partial charge is 0.258 e. The Labute approximate surface area is 101 Å². The average Bonchev–Trinajstić information content (AvgIpc) is 2.37. The first kappa shape index (κ1) is 12.2. The highest BCUT2D eigenvalue weighted by Crippen LogP contribution is 2.19. The Morgan fingerprint density at radius 3 is 2.78 bits per heavy atom. The van der Waals surface area contributed by atoms with E-state index in [1.807, 2.05) is 0 Å². The summed E-state index contributed by atoms with van der Waals surface area (Å²) in [6.07, 6.45) is -1.94. The minimum absolute atomic E-state index is 0.215. The first-order valence-corrected chi connectivity index (χ1v) is 5.13. The third-order valence-corrected chi connectivity index (χ3v) is 2.60. The van der Waals surface area contributed by atoms with Gasteiger partial charge in [0.15, 0.2) is 6.10 Å². The summed E-state index contributed by atoms with van der Waals surface area (Å²) in [6.45, 7) is 0. The molecule has 0 spiro atoms. The van der Waals surface area contributed by atoms with E-state index in [2.05, 4.69) is 9.97 Å². The monoisotopic (exact) mass is 249 g/mol. The maximum atomic E-state index is 11.5. The molecule has 0 aliphatic heterocycles. The van der Waals surface area contributed by atoms with E-state index in [-0.39, 0.29) is 16.5 Å². The fourth-order valence-electron chi connectivity index (χ4n) is 1.61. The van der Waals surface area contributed by atoms with Crippen LogP contribution >= 0.6 is 0 Å². The van der Waals surface area contributed by atoms with Gasteiger partial charge >= 0.3 is 0 Å². The van der Waals surface area contributed by atoms with Crippen LogP contribution in [-0.4, -0.2) is 32.2 Å². The fourth-order valence-corrected chi connectivity index (χ4v) is 1.61. The Kier molecular flexibility index (Phi) is 3.09. The van der Waals surface area contributed by atoms with E-state index < -0.39 is 18.1 Å². The number of aromatic amines is 1. The molecule has 1 aromatic carbocycles. The van der Waals surface area contributed by atoms with Crippen LogP contribution < -0.4 is 11.3 Å². The van der Waals surface area contributed by atoms with Crippen LogP contribution in [0.2, 0.25) is 0 Å². The second kappa shape index (κ2) is 4.55. The van der Waals surface area contributed by atoms with Crippen molar-refractivity contribution in [2.75, 3.05) is 0 Å². The van der Waals surface area contributed by atoms with Gasteiger partial charge in [0.25, 0.3) is 5.56 Å². The quantitative estimate of drug-likeness (QED) is 0.543. The highest BCUT2D eigenvalue weighted by atomic mass is 16.3. The zero-order chi connectivity index (χ0) is 13.3. The molecule has 94 valence electrons. The topological polar surface area (TPSA) is 129 Å². The standard InChI is InChI=1S/C11H11N3O4/c12-10(17)9(16)8(15)5-1-2-7-6(3-5)11(18)14-4-13-7/h1-4,8-9,15-16H,(H2,12,17)(H,13,14,18). The number of nitrogens with two attached hydrogens (primary N) is 1. The summed E-state index contributed by atoms with van der Waals surface area (Å²) in [4.78, 5) is 28.6. The van der Waals surface area contributed by atoms with Gasteiger partial charge in [-0.15, -0.1) is 0 Å². The molecule has 1 amide bonds. The number of aliphatic hydroxyl groups excluding tert-OH is 2. The summed E-state index contributed by atoms with van der Waals surface area (Å²) in [6, 6.07) is 4.33. The number of aliphatic hydroxyl groups is 2. The van der Waals surface area contributed by atoms with Gasteiger partial charge in [-0.25, -0.2) is 4.98 Å². The Morgan fingerprint density at radius 1 is 1.39 bits per heavy atom. The number of benzene rings is 1. The van der Waals surface area contributed by atoms with Crippen molar-refractivity contribution < 1.29 is 15.0 Å². The second-order valence-corrected chi connectivity index (χ2v) is 3.80. The maximum Gasteiger partial charge on any atom is 0.258 e. The van der Waals surface area contributed by atoms with Gasteiger partial charge in [-0.05, 0) is 17.7 Å². The molecule has 0 aliphatic rings. The molecule has 2 rings (SSSR count). The van der Waals surface area contributed by atoms with Gasteiger partial charge in [-0.1, -0.05) is 6.07 Å². The zero-order valence-corrected chi connectivity index (χ0v) is 9.20. The molecule has 0 radical (unpaired) electrons. The van der Waals surface area contributed by atoms with E-state index in [9.17, 15) is 19.8 Å². The lowest BCUT2D eigenvalue weighted by atomic mass is 10.0. The summed E-state index contributed by atoms with van der Waals surface area (Å²) in [5, 5.41) is 19.3. The predicted octanol–water partition coefficient (Wildman–Crippen LogP) is -1.20. The van der Waals surface area contributed by atoms with Crippen molar-refractivity contribution in [3.63, 3.8) is 0 Å². The van der Waals surface area contributed by atoms with Gasteiger partial charge in [0.05, 0.1) is 17.2 Å². The van der Waals surface area contributed by atoms with E-state index in [4.69, 9.17) is 5.73 Å². The van der Waals surface area contributed by atoms with Crippen LogP contribution in [0, 0.1) is 0 Å². The molecular formula is C11H11N3O4. The number of fused-ring (bicyclic) bond motifs is 1. The summed E-state index contributed by atoms with van der Waals surface area (Å²) >= 11 is 0. The number of hydrogen-bond donors (Lipinski definition) is 4. The molecule has 0 saturated carbocycles. The van der Waals surface area contributed by atoms with Crippen molar-refractivity contribution in [1.82, 2.24) is 9.97 Å². The van der Waals surface area contributed by atoms with Gasteiger partial charge in [0, 0.05) is 0 Å². The fraction of sp³-hybridized carbons (Fsp3) is 0.182.